The monoisotopic (exact) mass is 244 g/mol. The summed E-state index contributed by atoms with van der Waals surface area (Å²) in [6.45, 7) is 2.73. The van der Waals surface area contributed by atoms with E-state index in [0.29, 0.717) is 25.9 Å². The molecule has 5 nitrogen and oxygen atoms in total. The molecule has 2 saturated heterocycles. The van der Waals surface area contributed by atoms with Gasteiger partial charge in [0.2, 0.25) is 0 Å². The van der Waals surface area contributed by atoms with Gasteiger partial charge in [-0.15, -0.1) is 0 Å². The molecule has 90 valence electrons. The predicted molar refractivity (Wildman–Crippen MR) is 60.3 cm³/mol. The number of rotatable bonds is 1. The van der Waals surface area contributed by atoms with E-state index >= 15 is 0 Å². The lowest BCUT2D eigenvalue weighted by atomic mass is 9.74. The van der Waals surface area contributed by atoms with Crippen molar-refractivity contribution in [2.24, 2.45) is 5.41 Å². The lowest BCUT2D eigenvalue weighted by Gasteiger charge is -2.52. The third-order valence-electron chi connectivity index (χ3n) is 3.55. The van der Waals surface area contributed by atoms with Crippen LogP contribution in [0.5, 0.6) is 0 Å². The highest BCUT2D eigenvalue weighted by Crippen LogP contribution is 2.41. The van der Waals surface area contributed by atoms with E-state index < -0.39 is 9.84 Å². The molecule has 0 bridgehead atoms. The highest BCUT2D eigenvalue weighted by Gasteiger charge is 2.48. The Bertz CT molecular complexity index is 419. The number of hydrogen-bond acceptors (Lipinski definition) is 4. The van der Waals surface area contributed by atoms with Gasteiger partial charge in [0.1, 0.15) is 9.84 Å². The molecular formula is C10H16N2O3S. The molecule has 0 radical (unpaired) electrons. The van der Waals surface area contributed by atoms with Crippen LogP contribution in [-0.2, 0) is 14.6 Å². The molecule has 1 spiro atoms. The van der Waals surface area contributed by atoms with Crippen molar-refractivity contribution < 1.29 is 13.2 Å². The number of carbonyl (C=O) groups excluding carboxylic acids is 1. The number of likely N-dealkylation sites (tertiary alicyclic amines) is 1. The molecule has 2 rings (SSSR count). The van der Waals surface area contributed by atoms with Gasteiger partial charge >= 0.3 is 0 Å². The van der Waals surface area contributed by atoms with Crippen LogP contribution < -0.4 is 0 Å². The summed E-state index contributed by atoms with van der Waals surface area (Å²) in [5.74, 6) is 0.274. The molecule has 0 aromatic heterocycles. The fourth-order valence-electron chi connectivity index (χ4n) is 2.43. The quantitative estimate of drug-likeness (QED) is 0.663. The Balaban J connectivity index is 1.93. The Morgan fingerprint density at radius 2 is 1.75 bits per heavy atom. The van der Waals surface area contributed by atoms with Crippen molar-refractivity contribution in [1.82, 2.24) is 4.90 Å². The van der Waals surface area contributed by atoms with Gasteiger partial charge in [-0.2, -0.15) is 0 Å². The summed E-state index contributed by atoms with van der Waals surface area (Å²) in [6, 6.07) is 0. The van der Waals surface area contributed by atoms with Crippen LogP contribution in [0.2, 0.25) is 0 Å². The summed E-state index contributed by atoms with van der Waals surface area (Å²) in [4.78, 5) is 13.1. The molecular weight excluding hydrogens is 228 g/mol. The van der Waals surface area contributed by atoms with E-state index in [0.717, 1.165) is 0 Å². The number of sulfone groups is 1. The Morgan fingerprint density at radius 1 is 1.25 bits per heavy atom. The number of nitrogens with zero attached hydrogens (tertiary/aromatic N) is 1. The van der Waals surface area contributed by atoms with Gasteiger partial charge < -0.3 is 4.90 Å². The maximum absolute atomic E-state index is 11.5. The van der Waals surface area contributed by atoms with Crippen molar-refractivity contribution in [3.63, 3.8) is 0 Å². The van der Waals surface area contributed by atoms with Gasteiger partial charge in [0.25, 0.3) is 5.91 Å². The van der Waals surface area contributed by atoms with Crippen LogP contribution in [0.1, 0.15) is 19.8 Å². The average Bonchev–Trinajstić information content (AvgIpc) is 2.14. The Kier molecular flexibility index (Phi) is 2.57. The molecule has 2 fully saturated rings. The fraction of sp³-hybridized carbons (Fsp3) is 0.800. The second kappa shape index (κ2) is 3.55. The van der Waals surface area contributed by atoms with Gasteiger partial charge in [0, 0.05) is 18.5 Å². The van der Waals surface area contributed by atoms with Crippen LogP contribution >= 0.6 is 0 Å². The van der Waals surface area contributed by atoms with E-state index in [9.17, 15) is 13.2 Å². The van der Waals surface area contributed by atoms with E-state index in [1.165, 1.54) is 6.92 Å². The van der Waals surface area contributed by atoms with E-state index in [4.69, 9.17) is 5.41 Å². The minimum absolute atomic E-state index is 0.0242. The zero-order valence-corrected chi connectivity index (χ0v) is 10.1. The molecule has 2 heterocycles. The summed E-state index contributed by atoms with van der Waals surface area (Å²) in [5, 5.41) is 7.25. The van der Waals surface area contributed by atoms with Gasteiger partial charge in [0.05, 0.1) is 17.2 Å². The van der Waals surface area contributed by atoms with Crippen molar-refractivity contribution in [3.05, 3.63) is 0 Å². The fourth-order valence-corrected chi connectivity index (χ4v) is 4.12. The van der Waals surface area contributed by atoms with E-state index in [1.807, 2.05) is 0 Å². The Labute approximate surface area is 95.2 Å². The smallest absolute Gasteiger partial charge is 0.267 e. The normalized spacial score (nSPS) is 26.2. The summed E-state index contributed by atoms with van der Waals surface area (Å²) in [7, 11) is -2.83. The highest BCUT2D eigenvalue weighted by atomic mass is 32.2. The van der Waals surface area contributed by atoms with Crippen molar-refractivity contribution >= 4 is 21.5 Å². The Hall–Kier alpha value is -0.910. The molecule has 0 atom stereocenters. The molecule has 0 unspecified atom stereocenters. The molecule has 2 aliphatic rings. The van der Waals surface area contributed by atoms with Gasteiger partial charge in [-0.1, -0.05) is 0 Å². The molecule has 6 heteroatoms. The average molecular weight is 244 g/mol. The van der Waals surface area contributed by atoms with E-state index in [1.54, 1.807) is 4.90 Å². The number of hydrogen-bond donors (Lipinski definition) is 1. The highest BCUT2D eigenvalue weighted by molar-refractivity contribution is 7.91. The molecule has 1 amide bonds. The zero-order valence-electron chi connectivity index (χ0n) is 9.32. The first-order valence-electron chi connectivity index (χ1n) is 5.39. The molecule has 0 aromatic rings. The molecule has 0 aliphatic carbocycles. The lowest BCUT2D eigenvalue weighted by molar-refractivity contribution is -0.136. The third kappa shape index (κ3) is 1.98. The summed E-state index contributed by atoms with van der Waals surface area (Å²) < 4.78 is 22.6. The van der Waals surface area contributed by atoms with Crippen LogP contribution in [0.25, 0.3) is 0 Å². The maximum Gasteiger partial charge on any atom is 0.267 e. The van der Waals surface area contributed by atoms with Crippen LogP contribution in [0, 0.1) is 10.8 Å². The van der Waals surface area contributed by atoms with Gasteiger partial charge in [-0.3, -0.25) is 10.2 Å². The van der Waals surface area contributed by atoms with Crippen LogP contribution in [0.3, 0.4) is 0 Å². The SMILES string of the molecule is CC(=N)C(=O)N1CC2(CCS(=O)(=O)CC2)C1. The van der Waals surface area contributed by atoms with Crippen molar-refractivity contribution in [1.29, 1.82) is 5.41 Å². The van der Waals surface area contributed by atoms with Gasteiger partial charge in [-0.05, 0) is 19.8 Å². The first-order valence-corrected chi connectivity index (χ1v) is 7.21. The van der Waals surface area contributed by atoms with Crippen LogP contribution in [-0.4, -0.2) is 49.5 Å². The van der Waals surface area contributed by atoms with E-state index in [-0.39, 0.29) is 28.5 Å². The van der Waals surface area contributed by atoms with Crippen LogP contribution in [0.15, 0.2) is 0 Å². The first-order chi connectivity index (χ1) is 7.34. The second-order valence-corrected chi connectivity index (χ2v) is 7.24. The summed E-state index contributed by atoms with van der Waals surface area (Å²) >= 11 is 0. The van der Waals surface area contributed by atoms with Gasteiger partial charge in [0.15, 0.2) is 0 Å². The van der Waals surface area contributed by atoms with E-state index in [2.05, 4.69) is 0 Å². The van der Waals surface area contributed by atoms with Crippen molar-refractivity contribution in [2.75, 3.05) is 24.6 Å². The van der Waals surface area contributed by atoms with Crippen LogP contribution in [0.4, 0.5) is 0 Å². The molecule has 2 aliphatic heterocycles. The zero-order chi connectivity index (χ0) is 12.0. The first kappa shape index (κ1) is 11.6. The standard InChI is InChI=1S/C10H16N2O3S/c1-8(11)9(13)12-6-10(7-12)2-4-16(14,15)5-3-10/h11H,2-7H2,1H3. The number of carbonyl (C=O) groups is 1. The van der Waals surface area contributed by atoms with Gasteiger partial charge in [-0.25, -0.2) is 8.42 Å². The van der Waals surface area contributed by atoms with Crippen molar-refractivity contribution in [3.8, 4) is 0 Å². The molecule has 0 aromatic carbocycles. The lowest BCUT2D eigenvalue weighted by Crippen LogP contribution is -2.61. The molecule has 16 heavy (non-hydrogen) atoms. The molecule has 0 saturated carbocycles. The second-order valence-electron chi connectivity index (χ2n) is 4.94. The third-order valence-corrected chi connectivity index (χ3v) is 5.20. The summed E-state index contributed by atoms with van der Waals surface area (Å²) in [5.41, 5.74) is 0.0782. The topological polar surface area (TPSA) is 78.3 Å². The minimum atomic E-state index is -2.83. The number of nitrogens with one attached hydrogen (secondary N) is 1. The minimum Gasteiger partial charge on any atom is -0.336 e. The maximum atomic E-state index is 11.5. The predicted octanol–water partition coefficient (Wildman–Crippen LogP) is 0.0633. The number of amides is 1. The Morgan fingerprint density at radius 3 is 2.19 bits per heavy atom. The van der Waals surface area contributed by atoms with Crippen molar-refractivity contribution in [2.45, 2.75) is 19.8 Å². The molecule has 1 N–H and O–H groups in total. The summed E-state index contributed by atoms with van der Waals surface area (Å²) in [6.07, 6.45) is 1.33. The largest absolute Gasteiger partial charge is 0.336 e.